The van der Waals surface area contributed by atoms with Crippen LogP contribution >= 0.6 is 0 Å². The van der Waals surface area contributed by atoms with Crippen molar-refractivity contribution in [3.05, 3.63) is 47.5 Å². The van der Waals surface area contributed by atoms with Gasteiger partial charge in [0.1, 0.15) is 18.1 Å². The summed E-state index contributed by atoms with van der Waals surface area (Å²) >= 11 is 0. The first-order valence-corrected chi connectivity index (χ1v) is 12.5. The van der Waals surface area contributed by atoms with Gasteiger partial charge in [-0.05, 0) is 62.7 Å². The average Bonchev–Trinajstić information content (AvgIpc) is 2.74. The number of nitrogens with one attached hydrogen (secondary N) is 2. The van der Waals surface area contributed by atoms with Crippen molar-refractivity contribution in [2.45, 2.75) is 25.7 Å². The van der Waals surface area contributed by atoms with E-state index in [1.165, 1.54) is 5.56 Å². The summed E-state index contributed by atoms with van der Waals surface area (Å²) in [6.45, 7) is 2.25. The molecular weight excluding hydrogens is 430 g/mol. The second kappa shape index (κ2) is 10.7. The maximum absolute atomic E-state index is 11.7. The lowest BCUT2D eigenvalue weighted by Crippen LogP contribution is -2.26. The van der Waals surface area contributed by atoms with E-state index in [9.17, 15) is 13.2 Å². The molecule has 1 aliphatic rings. The number of hydrogen-bond acceptors (Lipinski definition) is 6. The van der Waals surface area contributed by atoms with Gasteiger partial charge in [-0.25, -0.2) is 8.42 Å². The number of nitrogens with zero attached hydrogens (tertiary/aromatic N) is 1. The summed E-state index contributed by atoms with van der Waals surface area (Å²) in [6.07, 6.45) is 4.13. The van der Waals surface area contributed by atoms with Crippen molar-refractivity contribution in [2.75, 3.05) is 50.1 Å². The van der Waals surface area contributed by atoms with Gasteiger partial charge in [0.05, 0.1) is 19.1 Å². The molecule has 2 N–H and O–H groups in total. The maximum Gasteiger partial charge on any atom is 0.229 e. The van der Waals surface area contributed by atoms with Gasteiger partial charge in [0.15, 0.2) is 0 Å². The number of carbonyl (C=O) groups is 1. The molecule has 0 spiro atoms. The Morgan fingerprint density at radius 3 is 2.47 bits per heavy atom. The van der Waals surface area contributed by atoms with E-state index in [0.717, 1.165) is 43.5 Å². The fourth-order valence-electron chi connectivity index (χ4n) is 3.67. The Morgan fingerprint density at radius 1 is 1.06 bits per heavy atom. The number of anilines is 2. The number of sulfonamides is 1. The van der Waals surface area contributed by atoms with Crippen LogP contribution in [0, 0.1) is 0 Å². The van der Waals surface area contributed by atoms with Crippen molar-refractivity contribution >= 4 is 27.3 Å². The van der Waals surface area contributed by atoms with E-state index >= 15 is 0 Å². The number of methoxy groups -OCH3 is 1. The number of amides is 1. The normalized spacial score (nSPS) is 13.4. The molecule has 1 amide bonds. The van der Waals surface area contributed by atoms with Crippen LogP contribution in [0.2, 0.25) is 0 Å². The monoisotopic (exact) mass is 461 g/mol. The van der Waals surface area contributed by atoms with Crippen LogP contribution in [0.1, 0.15) is 24.0 Å². The van der Waals surface area contributed by atoms with Crippen LogP contribution < -0.4 is 19.5 Å². The molecule has 0 bridgehead atoms. The highest BCUT2D eigenvalue weighted by Gasteiger charge is 2.22. The summed E-state index contributed by atoms with van der Waals surface area (Å²) in [5.41, 5.74) is 3.44. The highest BCUT2D eigenvalue weighted by molar-refractivity contribution is 7.92. The van der Waals surface area contributed by atoms with E-state index < -0.39 is 10.0 Å². The van der Waals surface area contributed by atoms with Gasteiger partial charge in [-0.15, -0.1) is 0 Å². The summed E-state index contributed by atoms with van der Waals surface area (Å²) < 4.78 is 36.4. The number of likely N-dealkylation sites (N-methyl/N-ethyl adjacent to an activating group) is 1. The van der Waals surface area contributed by atoms with Gasteiger partial charge >= 0.3 is 0 Å². The van der Waals surface area contributed by atoms with Gasteiger partial charge in [-0.2, -0.15) is 0 Å². The summed E-state index contributed by atoms with van der Waals surface area (Å²) in [7, 11) is 0.400. The van der Waals surface area contributed by atoms with Crippen LogP contribution in [0.15, 0.2) is 36.4 Å². The van der Waals surface area contributed by atoms with Crippen molar-refractivity contribution in [3.8, 4) is 11.5 Å². The standard InChI is InChI=1S/C23H31N3O5S/c1-26(14-4-5-17-6-8-18(9-7-17)25-32(3,28)29)15-16-31-20-11-12-21(30-2)23-19(20)10-13-22(27)24-23/h6-9,11-12,25H,4-5,10,13-16H2,1-3H3,(H,24,27). The zero-order valence-electron chi connectivity index (χ0n) is 18.8. The lowest BCUT2D eigenvalue weighted by molar-refractivity contribution is -0.116. The zero-order chi connectivity index (χ0) is 23.1. The van der Waals surface area contributed by atoms with E-state index in [2.05, 4.69) is 22.0 Å². The fourth-order valence-corrected chi connectivity index (χ4v) is 4.23. The van der Waals surface area contributed by atoms with Crippen molar-refractivity contribution < 1.29 is 22.7 Å². The maximum atomic E-state index is 11.7. The number of benzene rings is 2. The number of hydrogen-bond donors (Lipinski definition) is 2. The Labute approximate surface area is 190 Å². The van der Waals surface area contributed by atoms with Crippen LogP contribution in [0.3, 0.4) is 0 Å². The quantitative estimate of drug-likeness (QED) is 0.534. The molecule has 8 nitrogen and oxygen atoms in total. The van der Waals surface area contributed by atoms with E-state index in [0.29, 0.717) is 36.6 Å². The molecular formula is C23H31N3O5S. The highest BCUT2D eigenvalue weighted by Crippen LogP contribution is 2.38. The summed E-state index contributed by atoms with van der Waals surface area (Å²) in [5, 5.41) is 2.89. The minimum absolute atomic E-state index is 0.00557. The molecule has 0 atom stereocenters. The third-order valence-electron chi connectivity index (χ3n) is 5.31. The fraction of sp³-hybridized carbons (Fsp3) is 0.435. The summed E-state index contributed by atoms with van der Waals surface area (Å²) in [5.74, 6) is 1.43. The van der Waals surface area contributed by atoms with Gasteiger partial charge < -0.3 is 19.7 Å². The number of aryl methyl sites for hydroxylation is 1. The van der Waals surface area contributed by atoms with Crippen molar-refractivity contribution in [1.29, 1.82) is 0 Å². The molecule has 2 aromatic carbocycles. The molecule has 0 aliphatic carbocycles. The molecule has 0 saturated carbocycles. The van der Waals surface area contributed by atoms with E-state index in [4.69, 9.17) is 9.47 Å². The molecule has 0 aromatic heterocycles. The largest absolute Gasteiger partial charge is 0.495 e. The van der Waals surface area contributed by atoms with Crippen molar-refractivity contribution in [3.63, 3.8) is 0 Å². The Hall–Kier alpha value is -2.78. The van der Waals surface area contributed by atoms with E-state index in [1.807, 2.05) is 24.3 Å². The van der Waals surface area contributed by atoms with Gasteiger partial charge in [0.25, 0.3) is 0 Å². The highest BCUT2D eigenvalue weighted by atomic mass is 32.2. The Morgan fingerprint density at radius 2 is 1.78 bits per heavy atom. The summed E-state index contributed by atoms with van der Waals surface area (Å²) in [6, 6.07) is 11.2. The van der Waals surface area contributed by atoms with Crippen molar-refractivity contribution in [1.82, 2.24) is 4.90 Å². The lowest BCUT2D eigenvalue weighted by atomic mass is 10.0. The van der Waals surface area contributed by atoms with Crippen LogP contribution in [0.4, 0.5) is 11.4 Å². The van der Waals surface area contributed by atoms with Crippen LogP contribution in [0.25, 0.3) is 0 Å². The Balaban J connectivity index is 1.43. The first-order chi connectivity index (χ1) is 15.2. The molecule has 2 aromatic rings. The lowest BCUT2D eigenvalue weighted by Gasteiger charge is -2.23. The smallest absolute Gasteiger partial charge is 0.229 e. The average molecular weight is 462 g/mol. The number of rotatable bonds is 11. The molecule has 174 valence electrons. The molecule has 32 heavy (non-hydrogen) atoms. The first kappa shape index (κ1) is 23.9. The topological polar surface area (TPSA) is 97.0 Å². The molecule has 0 unspecified atom stereocenters. The Kier molecular flexibility index (Phi) is 7.98. The summed E-state index contributed by atoms with van der Waals surface area (Å²) in [4.78, 5) is 14.0. The predicted molar refractivity (Wildman–Crippen MR) is 126 cm³/mol. The zero-order valence-corrected chi connectivity index (χ0v) is 19.6. The molecule has 0 radical (unpaired) electrons. The van der Waals surface area contributed by atoms with Gasteiger partial charge in [-0.1, -0.05) is 12.1 Å². The minimum Gasteiger partial charge on any atom is -0.495 e. The van der Waals surface area contributed by atoms with Crippen LogP contribution in [0.5, 0.6) is 11.5 Å². The van der Waals surface area contributed by atoms with E-state index in [1.54, 1.807) is 19.2 Å². The second-order valence-electron chi connectivity index (χ2n) is 7.99. The number of ether oxygens (including phenoxy) is 2. The molecule has 3 rings (SSSR count). The molecule has 0 saturated heterocycles. The van der Waals surface area contributed by atoms with Crippen LogP contribution in [-0.4, -0.2) is 59.3 Å². The Bertz CT molecular complexity index is 1040. The van der Waals surface area contributed by atoms with Gasteiger partial charge in [0.2, 0.25) is 15.9 Å². The van der Waals surface area contributed by atoms with E-state index in [-0.39, 0.29) is 5.91 Å². The third-order valence-corrected chi connectivity index (χ3v) is 5.92. The van der Waals surface area contributed by atoms with Gasteiger partial charge in [-0.3, -0.25) is 9.52 Å². The molecule has 9 heteroatoms. The minimum atomic E-state index is -3.25. The molecule has 1 heterocycles. The predicted octanol–water partition coefficient (Wildman–Crippen LogP) is 2.89. The second-order valence-corrected chi connectivity index (χ2v) is 9.74. The third kappa shape index (κ3) is 6.86. The van der Waals surface area contributed by atoms with Crippen LogP contribution in [-0.2, 0) is 27.7 Å². The molecule has 1 aliphatic heterocycles. The first-order valence-electron chi connectivity index (χ1n) is 10.6. The van der Waals surface area contributed by atoms with Gasteiger partial charge in [0, 0.05) is 24.2 Å². The van der Waals surface area contributed by atoms with Crippen molar-refractivity contribution in [2.24, 2.45) is 0 Å². The SMILES string of the molecule is COc1ccc(OCCN(C)CCCc2ccc(NS(C)(=O)=O)cc2)c2c1NC(=O)CC2. The molecule has 0 fully saturated rings. The number of fused-ring (bicyclic) bond motifs is 1. The number of carbonyl (C=O) groups excluding carboxylic acids is 1.